The van der Waals surface area contributed by atoms with Gasteiger partial charge in [0.2, 0.25) is 11.8 Å². The Morgan fingerprint density at radius 2 is 1.20 bits per heavy atom. The van der Waals surface area contributed by atoms with Gasteiger partial charge < -0.3 is 43.1 Å². The van der Waals surface area contributed by atoms with Gasteiger partial charge in [-0.1, -0.05) is 0 Å². The van der Waals surface area contributed by atoms with Gasteiger partial charge >= 0.3 is 0 Å². The summed E-state index contributed by atoms with van der Waals surface area (Å²) in [6.45, 7) is 7.65. The molecule has 0 spiro atoms. The summed E-state index contributed by atoms with van der Waals surface area (Å²) in [6.07, 6.45) is -0.366. The molecule has 4 heterocycles. The minimum atomic E-state index is -3.98. The van der Waals surface area contributed by atoms with Crippen molar-refractivity contribution in [3.63, 3.8) is 0 Å². The zero-order valence-corrected chi connectivity index (χ0v) is 30.1. The quantitative estimate of drug-likeness (QED) is 0.181. The van der Waals surface area contributed by atoms with E-state index in [0.717, 1.165) is 0 Å². The Kier molecular flexibility index (Phi) is 10.5. The van der Waals surface area contributed by atoms with Crippen LogP contribution in [0.15, 0.2) is 36.4 Å². The summed E-state index contributed by atoms with van der Waals surface area (Å²) in [6, 6.07) is 13.3. The Balaban J connectivity index is 1.07. The van der Waals surface area contributed by atoms with E-state index in [9.17, 15) is 29.6 Å². The normalized spacial score (nSPS) is 25.0. The molecule has 2 aromatic carbocycles. The molecule has 51 heavy (non-hydrogen) atoms. The molecule has 0 saturated carbocycles. The number of benzene rings is 2. The molecule has 15 heteroatoms. The van der Waals surface area contributed by atoms with E-state index < -0.39 is 55.6 Å². The van der Waals surface area contributed by atoms with Crippen LogP contribution in [0.25, 0.3) is 0 Å². The van der Waals surface area contributed by atoms with Gasteiger partial charge in [-0.25, -0.2) is 0 Å². The third-order valence-electron chi connectivity index (χ3n) is 9.74. The van der Waals surface area contributed by atoms with Crippen molar-refractivity contribution in [3.05, 3.63) is 58.7 Å². The van der Waals surface area contributed by atoms with Gasteiger partial charge in [-0.2, -0.15) is 10.5 Å². The van der Waals surface area contributed by atoms with Crippen molar-refractivity contribution in [1.29, 1.82) is 10.5 Å². The second-order valence-electron chi connectivity index (χ2n) is 14.3. The summed E-state index contributed by atoms with van der Waals surface area (Å²) in [5.74, 6) is 1.05. The number of amides is 2. The monoisotopic (exact) mass is 722 g/mol. The van der Waals surface area contributed by atoms with Crippen molar-refractivity contribution >= 4 is 19.2 Å². The fraction of sp³-hybridized carbons (Fsp3) is 0.556. The molecule has 0 unspecified atom stereocenters. The van der Waals surface area contributed by atoms with Crippen LogP contribution in [0.1, 0.15) is 87.7 Å². The van der Waals surface area contributed by atoms with Crippen LogP contribution in [0.5, 0.6) is 11.5 Å². The number of nitriles is 2. The van der Waals surface area contributed by atoms with Gasteiger partial charge in [0.1, 0.15) is 61.2 Å². The second-order valence-corrected chi connectivity index (χ2v) is 16.5. The third kappa shape index (κ3) is 7.63. The van der Waals surface area contributed by atoms with E-state index in [4.69, 9.17) is 28.4 Å². The van der Waals surface area contributed by atoms with Crippen LogP contribution < -0.4 is 9.47 Å². The first-order chi connectivity index (χ1) is 24.2. The number of rotatable bonds is 12. The molecule has 4 atom stereocenters. The van der Waals surface area contributed by atoms with E-state index in [1.807, 2.05) is 27.7 Å². The lowest BCUT2D eigenvalue weighted by Gasteiger charge is -2.47. The number of likely N-dealkylation sites (tertiary alicyclic amines) is 2. The lowest BCUT2D eigenvalue weighted by molar-refractivity contribution is -0.178. The van der Waals surface area contributed by atoms with Crippen LogP contribution in [-0.2, 0) is 33.1 Å². The standard InChI is InChI=1S/C36H43N4O10P/c1-35(2)33(31(39-13-5-7-29(39)41)25-15-23(17-37)9-11-27(25)49-35)47-19-45-21-51(43,44)22-46-20-48-34-32(40-14-6-8-30(40)42)26-16-24(18-38)10-12-28(26)50-36(34,3)4/h9-12,15-16,31-34H,5-8,13-14,19-22H2,1-4H3,(H,43,44)/t31-,32-,33+,34+/m1/s1. The van der Waals surface area contributed by atoms with Crippen molar-refractivity contribution in [2.24, 2.45) is 0 Å². The van der Waals surface area contributed by atoms with Gasteiger partial charge in [0.25, 0.3) is 7.37 Å². The molecular formula is C36H43N4O10P. The third-order valence-corrected chi connectivity index (χ3v) is 10.9. The van der Waals surface area contributed by atoms with Crippen LogP contribution in [0, 0.1) is 22.7 Å². The van der Waals surface area contributed by atoms with Gasteiger partial charge in [-0.15, -0.1) is 0 Å². The number of fused-ring (bicyclic) bond motifs is 2. The van der Waals surface area contributed by atoms with Crippen LogP contribution in [-0.4, -0.2) is 89.3 Å². The smallest absolute Gasteiger partial charge is 0.250 e. The molecule has 0 aromatic heterocycles. The maximum atomic E-state index is 13.1. The lowest BCUT2D eigenvalue weighted by atomic mass is 9.85. The maximum Gasteiger partial charge on any atom is 0.250 e. The average Bonchev–Trinajstić information content (AvgIpc) is 3.71. The molecule has 14 nitrogen and oxygen atoms in total. The molecule has 4 aliphatic heterocycles. The number of hydrogen-bond donors (Lipinski definition) is 1. The van der Waals surface area contributed by atoms with E-state index in [1.54, 1.807) is 46.2 Å². The summed E-state index contributed by atoms with van der Waals surface area (Å²) in [5.41, 5.74) is 0.342. The number of hydrogen-bond acceptors (Lipinski definition) is 11. The highest BCUT2D eigenvalue weighted by molar-refractivity contribution is 7.57. The molecule has 0 aliphatic carbocycles. The molecule has 2 saturated heterocycles. The molecule has 272 valence electrons. The fourth-order valence-electron chi connectivity index (χ4n) is 7.47. The topological polar surface area (TPSA) is 181 Å². The first-order valence-electron chi connectivity index (χ1n) is 17.0. The minimum absolute atomic E-state index is 0.0302. The van der Waals surface area contributed by atoms with E-state index in [0.29, 0.717) is 72.5 Å². The summed E-state index contributed by atoms with van der Waals surface area (Å²) >= 11 is 0. The Morgan fingerprint density at radius 1 is 0.784 bits per heavy atom. The van der Waals surface area contributed by atoms with Gasteiger partial charge in [-0.3, -0.25) is 14.2 Å². The minimum Gasteiger partial charge on any atom is -0.485 e. The second kappa shape index (κ2) is 14.5. The van der Waals surface area contributed by atoms with Gasteiger partial charge in [0.05, 0.1) is 35.3 Å². The summed E-state index contributed by atoms with van der Waals surface area (Å²) in [4.78, 5) is 39.9. The molecule has 2 amide bonds. The van der Waals surface area contributed by atoms with Crippen molar-refractivity contribution in [2.45, 2.75) is 88.9 Å². The highest BCUT2D eigenvalue weighted by Gasteiger charge is 2.51. The Labute approximate surface area is 297 Å². The highest BCUT2D eigenvalue weighted by atomic mass is 31.2. The Bertz CT molecular complexity index is 1680. The highest BCUT2D eigenvalue weighted by Crippen LogP contribution is 2.48. The zero-order chi connectivity index (χ0) is 36.6. The molecule has 6 rings (SSSR count). The van der Waals surface area contributed by atoms with Crippen LogP contribution in [0.4, 0.5) is 0 Å². The number of carbonyl (C=O) groups excluding carboxylic acids is 2. The number of nitrogens with zero attached hydrogens (tertiary/aromatic N) is 4. The zero-order valence-electron chi connectivity index (χ0n) is 29.2. The van der Waals surface area contributed by atoms with Crippen molar-refractivity contribution in [1.82, 2.24) is 9.80 Å². The lowest BCUT2D eigenvalue weighted by Crippen LogP contribution is -2.55. The van der Waals surface area contributed by atoms with Gasteiger partial charge in [-0.05, 0) is 76.9 Å². The van der Waals surface area contributed by atoms with Crippen molar-refractivity contribution < 1.29 is 47.5 Å². The molecule has 4 aliphatic rings. The molecule has 2 fully saturated rings. The SMILES string of the molecule is CC1(C)Oc2ccc(C#N)cc2[C@@H](N2CCCC2=O)[C@@H]1OCOCP(=O)(O)COCO[C@H]1[C@H](N2CCCC2=O)c2cc(C#N)ccc2OC1(C)C. The number of carbonyl (C=O) groups is 2. The summed E-state index contributed by atoms with van der Waals surface area (Å²) in [7, 11) is -3.98. The summed E-state index contributed by atoms with van der Waals surface area (Å²) < 4.78 is 48.9. The van der Waals surface area contributed by atoms with Crippen molar-refractivity contribution in [3.8, 4) is 23.6 Å². The van der Waals surface area contributed by atoms with Gasteiger partial charge in [0, 0.05) is 37.1 Å². The average molecular weight is 723 g/mol. The van der Waals surface area contributed by atoms with E-state index in [2.05, 4.69) is 12.1 Å². The molecule has 1 N–H and O–H groups in total. The van der Waals surface area contributed by atoms with E-state index in [-0.39, 0.29) is 25.4 Å². The first-order valence-corrected chi connectivity index (χ1v) is 19.0. The summed E-state index contributed by atoms with van der Waals surface area (Å²) in [5, 5.41) is 19.1. The Hall–Kier alpha value is -4.01. The van der Waals surface area contributed by atoms with Crippen LogP contribution in [0.2, 0.25) is 0 Å². The largest absolute Gasteiger partial charge is 0.485 e. The fourth-order valence-corrected chi connectivity index (χ4v) is 8.26. The van der Waals surface area contributed by atoms with E-state index in [1.165, 1.54) is 0 Å². The first kappa shape index (κ1) is 36.8. The number of ether oxygens (including phenoxy) is 6. The molecule has 0 radical (unpaired) electrons. The predicted octanol–water partition coefficient (Wildman–Crippen LogP) is 4.70. The Morgan fingerprint density at radius 3 is 1.55 bits per heavy atom. The van der Waals surface area contributed by atoms with Crippen molar-refractivity contribution in [2.75, 3.05) is 39.4 Å². The predicted molar refractivity (Wildman–Crippen MR) is 180 cm³/mol. The van der Waals surface area contributed by atoms with Gasteiger partial charge in [0.15, 0.2) is 0 Å². The van der Waals surface area contributed by atoms with Crippen LogP contribution in [0.3, 0.4) is 0 Å². The molecule has 0 bridgehead atoms. The molecular weight excluding hydrogens is 679 g/mol. The maximum absolute atomic E-state index is 13.1. The van der Waals surface area contributed by atoms with E-state index >= 15 is 0 Å². The molecule has 2 aromatic rings. The van der Waals surface area contributed by atoms with Crippen LogP contribution >= 0.6 is 7.37 Å².